The fourth-order valence-corrected chi connectivity index (χ4v) is 3.67. The third kappa shape index (κ3) is 3.75. The highest BCUT2D eigenvalue weighted by Gasteiger charge is 2.41. The largest absolute Gasteiger partial charge is 0.350 e. The van der Waals surface area contributed by atoms with Crippen molar-refractivity contribution < 1.29 is 14.0 Å². The van der Waals surface area contributed by atoms with Crippen LogP contribution < -0.4 is 10.2 Å². The van der Waals surface area contributed by atoms with Crippen molar-refractivity contribution in [1.82, 2.24) is 0 Å². The number of aryl methyl sites for hydroxylation is 4. The van der Waals surface area contributed by atoms with Crippen LogP contribution in [0, 0.1) is 33.5 Å². The molecule has 2 amide bonds. The maximum absolute atomic E-state index is 13.6. The van der Waals surface area contributed by atoms with Crippen LogP contribution >= 0.6 is 0 Å². The van der Waals surface area contributed by atoms with Crippen molar-refractivity contribution in [3.8, 4) is 0 Å². The van der Waals surface area contributed by atoms with Gasteiger partial charge in [0.1, 0.15) is 11.5 Å². The van der Waals surface area contributed by atoms with Gasteiger partial charge in [0.2, 0.25) is 0 Å². The highest BCUT2D eigenvalue weighted by molar-refractivity contribution is 6.46. The minimum atomic E-state index is -0.434. The van der Waals surface area contributed by atoms with Crippen molar-refractivity contribution in [3.63, 3.8) is 0 Å². The quantitative estimate of drug-likeness (QED) is 0.577. The van der Waals surface area contributed by atoms with Gasteiger partial charge in [-0.1, -0.05) is 30.3 Å². The van der Waals surface area contributed by atoms with Crippen LogP contribution in [-0.2, 0) is 9.59 Å². The molecular weight excluding hydrogens is 391 g/mol. The van der Waals surface area contributed by atoms with Gasteiger partial charge in [-0.3, -0.25) is 9.59 Å². The van der Waals surface area contributed by atoms with Gasteiger partial charge in [-0.2, -0.15) is 0 Å². The van der Waals surface area contributed by atoms with Gasteiger partial charge >= 0.3 is 0 Å². The van der Waals surface area contributed by atoms with E-state index in [1.807, 2.05) is 64.1 Å². The highest BCUT2D eigenvalue weighted by Crippen LogP contribution is 2.36. The third-order valence-corrected chi connectivity index (χ3v) is 5.60. The zero-order valence-electron chi connectivity index (χ0n) is 17.9. The smallest absolute Gasteiger partial charge is 0.282 e. The number of nitrogens with zero attached hydrogens (tertiary/aromatic N) is 1. The topological polar surface area (TPSA) is 49.4 Å². The van der Waals surface area contributed by atoms with E-state index in [9.17, 15) is 14.0 Å². The molecule has 0 fully saturated rings. The van der Waals surface area contributed by atoms with Crippen LogP contribution in [0.2, 0.25) is 0 Å². The van der Waals surface area contributed by atoms with Gasteiger partial charge in [0.05, 0.1) is 11.3 Å². The number of carbonyl (C=O) groups is 2. The van der Waals surface area contributed by atoms with Crippen LogP contribution in [-0.4, -0.2) is 11.8 Å². The van der Waals surface area contributed by atoms with Gasteiger partial charge in [-0.25, -0.2) is 9.29 Å². The fourth-order valence-electron chi connectivity index (χ4n) is 3.67. The molecule has 156 valence electrons. The van der Waals surface area contributed by atoms with Crippen molar-refractivity contribution in [2.24, 2.45) is 0 Å². The minimum Gasteiger partial charge on any atom is -0.350 e. The second kappa shape index (κ2) is 7.84. The summed E-state index contributed by atoms with van der Waals surface area (Å²) in [5.41, 5.74) is 6.15. The van der Waals surface area contributed by atoms with Gasteiger partial charge < -0.3 is 5.32 Å². The molecular formula is C26H23FN2O2. The van der Waals surface area contributed by atoms with Crippen molar-refractivity contribution in [2.75, 3.05) is 10.2 Å². The number of benzene rings is 3. The summed E-state index contributed by atoms with van der Waals surface area (Å²) in [5.74, 6) is -1.19. The molecule has 0 aliphatic carbocycles. The normalized spacial score (nSPS) is 13.9. The van der Waals surface area contributed by atoms with E-state index in [2.05, 4.69) is 5.32 Å². The fraction of sp³-hybridized carbons (Fsp3) is 0.154. The summed E-state index contributed by atoms with van der Waals surface area (Å²) >= 11 is 0. The molecule has 0 aromatic heterocycles. The maximum Gasteiger partial charge on any atom is 0.282 e. The number of hydrogen-bond donors (Lipinski definition) is 1. The van der Waals surface area contributed by atoms with Crippen LogP contribution in [0.5, 0.6) is 0 Å². The lowest BCUT2D eigenvalue weighted by Gasteiger charge is -2.18. The average Bonchev–Trinajstić information content (AvgIpc) is 2.97. The van der Waals surface area contributed by atoms with Gasteiger partial charge in [0, 0.05) is 5.69 Å². The van der Waals surface area contributed by atoms with Crippen molar-refractivity contribution in [2.45, 2.75) is 27.7 Å². The molecule has 1 aliphatic heterocycles. The van der Waals surface area contributed by atoms with Crippen LogP contribution in [0.1, 0.15) is 27.8 Å². The molecule has 0 saturated carbocycles. The van der Waals surface area contributed by atoms with E-state index in [0.717, 1.165) is 22.3 Å². The third-order valence-electron chi connectivity index (χ3n) is 5.60. The number of carbonyl (C=O) groups excluding carboxylic acids is 2. The van der Waals surface area contributed by atoms with E-state index in [1.165, 1.54) is 17.0 Å². The number of halogens is 1. The summed E-state index contributed by atoms with van der Waals surface area (Å²) in [6.07, 6.45) is 0. The number of hydrogen-bond acceptors (Lipinski definition) is 3. The Bertz CT molecular complexity index is 1240. The SMILES string of the molecule is Cc1ccc(C)c(N2C(=O)C(Nc3ccc(F)cc3)=C(c3ccc(C)c(C)c3)C2=O)c1. The van der Waals surface area contributed by atoms with Gasteiger partial charge in [0.15, 0.2) is 0 Å². The number of rotatable bonds is 4. The molecule has 5 heteroatoms. The van der Waals surface area contributed by atoms with E-state index in [4.69, 9.17) is 0 Å². The van der Waals surface area contributed by atoms with Gasteiger partial charge in [0.25, 0.3) is 11.8 Å². The van der Waals surface area contributed by atoms with Crippen molar-refractivity contribution in [1.29, 1.82) is 0 Å². The minimum absolute atomic E-state index is 0.181. The van der Waals surface area contributed by atoms with Crippen LogP contribution in [0.15, 0.2) is 66.4 Å². The Balaban J connectivity index is 1.87. The van der Waals surface area contributed by atoms with Crippen molar-refractivity contribution >= 4 is 28.8 Å². The molecule has 4 nitrogen and oxygen atoms in total. The Morgan fingerprint density at radius 3 is 2.10 bits per heavy atom. The first kappa shape index (κ1) is 20.5. The summed E-state index contributed by atoms with van der Waals surface area (Å²) < 4.78 is 13.4. The van der Waals surface area contributed by atoms with Crippen LogP contribution in [0.25, 0.3) is 5.57 Å². The maximum atomic E-state index is 13.6. The molecule has 0 radical (unpaired) electrons. The predicted octanol–water partition coefficient (Wildman–Crippen LogP) is 5.46. The standard InChI is InChI=1S/C26H23FN2O2/c1-15-5-6-17(3)22(13-15)29-25(30)23(19-8-7-16(2)18(4)14-19)24(26(29)31)28-21-11-9-20(27)10-12-21/h5-14,28H,1-4H3. The van der Waals surface area contributed by atoms with E-state index >= 15 is 0 Å². The van der Waals surface area contributed by atoms with Crippen LogP contribution in [0.4, 0.5) is 15.8 Å². The summed E-state index contributed by atoms with van der Waals surface area (Å²) in [5, 5.41) is 3.07. The second-order valence-electron chi connectivity index (χ2n) is 7.92. The Labute approximate surface area is 181 Å². The first-order valence-electron chi connectivity index (χ1n) is 10.1. The van der Waals surface area contributed by atoms with Crippen LogP contribution in [0.3, 0.4) is 0 Å². The zero-order chi connectivity index (χ0) is 22.3. The van der Waals surface area contributed by atoms with Gasteiger partial charge in [-0.15, -0.1) is 0 Å². The van der Waals surface area contributed by atoms with E-state index in [-0.39, 0.29) is 17.4 Å². The summed E-state index contributed by atoms with van der Waals surface area (Å²) in [6, 6.07) is 17.1. The number of nitrogens with one attached hydrogen (secondary N) is 1. The highest BCUT2D eigenvalue weighted by atomic mass is 19.1. The molecule has 4 rings (SSSR count). The lowest BCUT2D eigenvalue weighted by atomic mass is 9.99. The lowest BCUT2D eigenvalue weighted by Crippen LogP contribution is -2.33. The molecule has 0 spiro atoms. The zero-order valence-corrected chi connectivity index (χ0v) is 17.9. The first-order valence-corrected chi connectivity index (χ1v) is 10.1. The summed E-state index contributed by atoms with van der Waals surface area (Å²) in [4.78, 5) is 28.3. The summed E-state index contributed by atoms with van der Waals surface area (Å²) in [7, 11) is 0. The monoisotopic (exact) mass is 414 g/mol. The molecule has 0 saturated heterocycles. The Hall–Kier alpha value is -3.73. The molecule has 31 heavy (non-hydrogen) atoms. The van der Waals surface area contributed by atoms with E-state index in [0.29, 0.717) is 22.5 Å². The summed E-state index contributed by atoms with van der Waals surface area (Å²) in [6.45, 7) is 7.76. The molecule has 0 unspecified atom stereocenters. The number of amides is 2. The molecule has 3 aromatic rings. The molecule has 3 aromatic carbocycles. The van der Waals surface area contributed by atoms with Crippen molar-refractivity contribution in [3.05, 3.63) is 100.0 Å². The molecule has 1 N–H and O–H groups in total. The first-order chi connectivity index (χ1) is 14.8. The Morgan fingerprint density at radius 1 is 0.742 bits per heavy atom. The average molecular weight is 414 g/mol. The number of anilines is 2. The molecule has 1 heterocycles. The van der Waals surface area contributed by atoms with E-state index in [1.54, 1.807) is 12.1 Å². The molecule has 1 aliphatic rings. The Kier molecular flexibility index (Phi) is 5.19. The number of imide groups is 1. The van der Waals surface area contributed by atoms with E-state index < -0.39 is 5.91 Å². The Morgan fingerprint density at radius 2 is 1.42 bits per heavy atom. The van der Waals surface area contributed by atoms with Gasteiger partial charge in [-0.05, 0) is 85.8 Å². The lowest BCUT2D eigenvalue weighted by molar-refractivity contribution is -0.120. The second-order valence-corrected chi connectivity index (χ2v) is 7.92. The predicted molar refractivity (Wildman–Crippen MR) is 121 cm³/mol. The molecule has 0 atom stereocenters. The molecule has 0 bridgehead atoms.